The first-order chi connectivity index (χ1) is 11.1. The molecular formula is C18H31NO4. The summed E-state index contributed by atoms with van der Waals surface area (Å²) in [5, 5.41) is 8.69. The van der Waals surface area contributed by atoms with Gasteiger partial charge >= 0.3 is 5.97 Å². The van der Waals surface area contributed by atoms with E-state index in [9.17, 15) is 9.59 Å². The molecule has 1 saturated carbocycles. The van der Waals surface area contributed by atoms with E-state index in [1.54, 1.807) is 0 Å². The molecule has 132 valence electrons. The van der Waals surface area contributed by atoms with Crippen LogP contribution in [0.1, 0.15) is 71.1 Å². The summed E-state index contributed by atoms with van der Waals surface area (Å²) in [6, 6.07) is 0.349. The number of unbranched alkanes of at least 4 members (excludes halogenated alkanes) is 1. The molecule has 2 aliphatic rings. The Bertz CT molecular complexity index is 384. The second kappa shape index (κ2) is 9.26. The molecule has 5 nitrogen and oxygen atoms in total. The molecule has 5 heteroatoms. The van der Waals surface area contributed by atoms with Crippen molar-refractivity contribution in [1.29, 1.82) is 0 Å². The topological polar surface area (TPSA) is 66.8 Å². The molecule has 1 saturated heterocycles. The normalized spacial score (nSPS) is 27.8. The number of hydrogen-bond donors (Lipinski definition) is 1. The van der Waals surface area contributed by atoms with Gasteiger partial charge in [-0.2, -0.15) is 0 Å². The van der Waals surface area contributed by atoms with Crippen LogP contribution in [0, 0.1) is 5.92 Å². The number of nitrogens with zero attached hydrogens (tertiary/aromatic N) is 1. The van der Waals surface area contributed by atoms with E-state index in [1.807, 2.05) is 0 Å². The van der Waals surface area contributed by atoms with Gasteiger partial charge in [-0.05, 0) is 57.3 Å². The van der Waals surface area contributed by atoms with E-state index in [0.717, 1.165) is 44.8 Å². The number of aliphatic carboxylic acids is 1. The molecule has 23 heavy (non-hydrogen) atoms. The second-order valence-electron chi connectivity index (χ2n) is 7.20. The van der Waals surface area contributed by atoms with E-state index in [-0.39, 0.29) is 18.4 Å². The van der Waals surface area contributed by atoms with Crippen LogP contribution >= 0.6 is 0 Å². The van der Waals surface area contributed by atoms with Gasteiger partial charge in [0.2, 0.25) is 5.91 Å². The monoisotopic (exact) mass is 325 g/mol. The van der Waals surface area contributed by atoms with Crippen LogP contribution < -0.4 is 0 Å². The van der Waals surface area contributed by atoms with Gasteiger partial charge in [0.1, 0.15) is 0 Å². The SMILES string of the molecule is CC1CCC(N(CC2CCCO2)C(=O)CCCCC(=O)O)CC1. The van der Waals surface area contributed by atoms with Crippen LogP contribution in [0.25, 0.3) is 0 Å². The Morgan fingerprint density at radius 3 is 2.39 bits per heavy atom. The van der Waals surface area contributed by atoms with Crippen molar-refractivity contribution < 1.29 is 19.4 Å². The van der Waals surface area contributed by atoms with Crippen molar-refractivity contribution in [3.63, 3.8) is 0 Å². The van der Waals surface area contributed by atoms with E-state index < -0.39 is 5.97 Å². The molecule has 1 aliphatic heterocycles. The summed E-state index contributed by atoms with van der Waals surface area (Å²) >= 11 is 0. The van der Waals surface area contributed by atoms with Gasteiger partial charge in [0.25, 0.3) is 0 Å². The largest absolute Gasteiger partial charge is 0.481 e. The van der Waals surface area contributed by atoms with Crippen LogP contribution in [0.4, 0.5) is 0 Å². The summed E-state index contributed by atoms with van der Waals surface area (Å²) in [7, 11) is 0. The molecule has 2 fully saturated rings. The van der Waals surface area contributed by atoms with E-state index in [4.69, 9.17) is 9.84 Å². The number of ether oxygens (including phenoxy) is 1. The maximum Gasteiger partial charge on any atom is 0.303 e. The predicted octanol–water partition coefficient (Wildman–Crippen LogP) is 3.22. The van der Waals surface area contributed by atoms with Crippen molar-refractivity contribution in [2.24, 2.45) is 5.92 Å². The van der Waals surface area contributed by atoms with Crippen LogP contribution in [0.5, 0.6) is 0 Å². The summed E-state index contributed by atoms with van der Waals surface area (Å²) in [5.74, 6) is 0.168. The Labute approximate surface area is 139 Å². The number of carbonyl (C=O) groups is 2. The average molecular weight is 325 g/mol. The molecule has 1 atom stereocenters. The van der Waals surface area contributed by atoms with Crippen molar-refractivity contribution in [3.8, 4) is 0 Å². The zero-order valence-corrected chi connectivity index (χ0v) is 14.3. The van der Waals surface area contributed by atoms with Gasteiger partial charge in [0.05, 0.1) is 6.10 Å². The lowest BCUT2D eigenvalue weighted by atomic mass is 9.86. The van der Waals surface area contributed by atoms with Gasteiger partial charge < -0.3 is 14.7 Å². The molecule has 0 radical (unpaired) electrons. The molecule has 0 aromatic carbocycles. The third-order valence-electron chi connectivity index (χ3n) is 5.20. The summed E-state index contributed by atoms with van der Waals surface area (Å²) < 4.78 is 5.73. The zero-order valence-electron chi connectivity index (χ0n) is 14.3. The highest BCUT2D eigenvalue weighted by Gasteiger charge is 2.30. The van der Waals surface area contributed by atoms with Crippen molar-refractivity contribution in [2.45, 2.75) is 83.3 Å². The molecule has 1 N–H and O–H groups in total. The van der Waals surface area contributed by atoms with Crippen LogP contribution in [-0.4, -0.2) is 47.2 Å². The van der Waals surface area contributed by atoms with Crippen molar-refractivity contribution in [3.05, 3.63) is 0 Å². The summed E-state index contributed by atoms with van der Waals surface area (Å²) in [5.41, 5.74) is 0. The Balaban J connectivity index is 1.86. The molecule has 1 heterocycles. The highest BCUT2D eigenvalue weighted by molar-refractivity contribution is 5.76. The number of carboxylic acids is 1. The minimum atomic E-state index is -0.782. The number of carboxylic acid groups (broad SMARTS) is 1. The lowest BCUT2D eigenvalue weighted by molar-refractivity contribution is -0.138. The second-order valence-corrected chi connectivity index (χ2v) is 7.20. The average Bonchev–Trinajstić information content (AvgIpc) is 3.03. The minimum Gasteiger partial charge on any atom is -0.481 e. The Hall–Kier alpha value is -1.10. The molecule has 1 amide bonds. The van der Waals surface area contributed by atoms with Gasteiger partial charge in [0, 0.05) is 32.0 Å². The van der Waals surface area contributed by atoms with E-state index in [2.05, 4.69) is 11.8 Å². The first-order valence-corrected chi connectivity index (χ1v) is 9.19. The Morgan fingerprint density at radius 1 is 1.09 bits per heavy atom. The first-order valence-electron chi connectivity index (χ1n) is 9.19. The third kappa shape index (κ3) is 6.13. The number of hydrogen-bond acceptors (Lipinski definition) is 3. The fourth-order valence-electron chi connectivity index (χ4n) is 3.71. The third-order valence-corrected chi connectivity index (χ3v) is 5.20. The smallest absolute Gasteiger partial charge is 0.303 e. The van der Waals surface area contributed by atoms with E-state index >= 15 is 0 Å². The molecule has 2 rings (SSSR count). The lowest BCUT2D eigenvalue weighted by Crippen LogP contribution is -2.46. The van der Waals surface area contributed by atoms with Crippen LogP contribution in [-0.2, 0) is 14.3 Å². The molecule has 1 unspecified atom stereocenters. The molecule has 0 spiro atoms. The summed E-state index contributed by atoms with van der Waals surface area (Å²) in [6.45, 7) is 3.82. The number of carbonyl (C=O) groups excluding carboxylic acids is 1. The predicted molar refractivity (Wildman–Crippen MR) is 88.2 cm³/mol. The standard InChI is InChI=1S/C18H31NO4/c1-14-8-10-15(11-9-14)19(13-16-5-4-12-23-16)17(20)6-2-3-7-18(21)22/h14-16H,2-13H2,1H3,(H,21,22). The van der Waals surface area contributed by atoms with E-state index in [0.29, 0.717) is 25.3 Å². The number of amides is 1. The maximum absolute atomic E-state index is 12.7. The van der Waals surface area contributed by atoms with Crippen molar-refractivity contribution in [1.82, 2.24) is 4.90 Å². The van der Waals surface area contributed by atoms with Gasteiger partial charge in [-0.1, -0.05) is 6.92 Å². The minimum absolute atomic E-state index is 0.153. The fourth-order valence-corrected chi connectivity index (χ4v) is 3.71. The zero-order chi connectivity index (χ0) is 16.7. The summed E-state index contributed by atoms with van der Waals surface area (Å²) in [4.78, 5) is 25.3. The van der Waals surface area contributed by atoms with Crippen molar-refractivity contribution in [2.75, 3.05) is 13.2 Å². The first kappa shape index (κ1) is 18.2. The van der Waals surface area contributed by atoms with Crippen molar-refractivity contribution >= 4 is 11.9 Å². The van der Waals surface area contributed by atoms with Crippen LogP contribution in [0.3, 0.4) is 0 Å². The van der Waals surface area contributed by atoms with E-state index in [1.165, 1.54) is 12.8 Å². The highest BCUT2D eigenvalue weighted by Crippen LogP contribution is 2.29. The molecular weight excluding hydrogens is 294 g/mol. The Kier molecular flexibility index (Phi) is 7.34. The van der Waals surface area contributed by atoms with Gasteiger partial charge in [-0.25, -0.2) is 0 Å². The summed E-state index contributed by atoms with van der Waals surface area (Å²) in [6.07, 6.45) is 8.76. The van der Waals surface area contributed by atoms with Crippen LogP contribution in [0.2, 0.25) is 0 Å². The van der Waals surface area contributed by atoms with Gasteiger partial charge in [-0.15, -0.1) is 0 Å². The molecule has 1 aliphatic carbocycles. The highest BCUT2D eigenvalue weighted by atomic mass is 16.5. The molecule has 0 bridgehead atoms. The number of rotatable bonds is 8. The Morgan fingerprint density at radius 2 is 1.78 bits per heavy atom. The quantitative estimate of drug-likeness (QED) is 0.696. The maximum atomic E-state index is 12.7. The van der Waals surface area contributed by atoms with Crippen LogP contribution in [0.15, 0.2) is 0 Å². The molecule has 0 aromatic rings. The lowest BCUT2D eigenvalue weighted by Gasteiger charge is -2.37. The van der Waals surface area contributed by atoms with Gasteiger partial charge in [-0.3, -0.25) is 9.59 Å². The van der Waals surface area contributed by atoms with Gasteiger partial charge in [0.15, 0.2) is 0 Å². The fraction of sp³-hybridized carbons (Fsp3) is 0.889. The molecule has 0 aromatic heterocycles.